The van der Waals surface area contributed by atoms with E-state index in [9.17, 15) is 38.7 Å². The summed E-state index contributed by atoms with van der Waals surface area (Å²) in [6, 6.07) is -3.87. The second-order valence-corrected chi connectivity index (χ2v) is 12.3. The Labute approximate surface area is 259 Å². The standard InChI is InChI=1S/C30H49N5O9/c1-9-17(4)23-28(40)34(8)24(16(2)3)29(41)33(7)19(6)25(37)31-13-12-22(36)44-21(15-18(5)30(42)43)27(39)35-14-10-11-20(35)26(38)32-23/h16-21,23-24H,9-15H2,1-8H3,(H,31,37)(H,32,38)(H,42,43)/t17-,18-,19+,20-,21-,23-,24-/m0/s1. The Hall–Kier alpha value is -3.71. The predicted octanol–water partition coefficient (Wildman–Crippen LogP) is 0.381. The van der Waals surface area contributed by atoms with E-state index >= 15 is 0 Å². The normalized spacial score (nSPS) is 28.4. The maximum absolute atomic E-state index is 13.9. The first-order valence-electron chi connectivity index (χ1n) is 15.4. The molecule has 0 aromatic carbocycles. The third-order valence-electron chi connectivity index (χ3n) is 8.74. The molecule has 2 heterocycles. The van der Waals surface area contributed by atoms with Gasteiger partial charge in [0.05, 0.1) is 12.3 Å². The van der Waals surface area contributed by atoms with Crippen molar-refractivity contribution in [2.24, 2.45) is 17.8 Å². The van der Waals surface area contributed by atoms with Crippen molar-refractivity contribution in [1.82, 2.24) is 25.3 Å². The summed E-state index contributed by atoms with van der Waals surface area (Å²) in [6.07, 6.45) is -0.787. The van der Waals surface area contributed by atoms with Crippen LogP contribution in [0, 0.1) is 17.8 Å². The first-order valence-corrected chi connectivity index (χ1v) is 15.4. The number of likely N-dealkylation sites (N-methyl/N-ethyl adjacent to an activating group) is 2. The summed E-state index contributed by atoms with van der Waals surface area (Å²) < 4.78 is 5.44. The minimum absolute atomic E-state index is 0.156. The minimum Gasteiger partial charge on any atom is -0.481 e. The van der Waals surface area contributed by atoms with Gasteiger partial charge in [0, 0.05) is 33.6 Å². The number of nitrogens with one attached hydrogen (secondary N) is 2. The molecule has 2 saturated heterocycles. The fourth-order valence-electron chi connectivity index (χ4n) is 5.52. The van der Waals surface area contributed by atoms with Gasteiger partial charge < -0.3 is 35.2 Å². The zero-order valence-electron chi connectivity index (χ0n) is 27.1. The first-order chi connectivity index (χ1) is 20.5. The third kappa shape index (κ3) is 8.69. The maximum atomic E-state index is 13.9. The topological polar surface area (TPSA) is 183 Å². The number of hydrogen-bond acceptors (Lipinski definition) is 8. The molecule has 0 aromatic rings. The molecule has 0 bridgehead atoms. The van der Waals surface area contributed by atoms with Gasteiger partial charge >= 0.3 is 11.9 Å². The van der Waals surface area contributed by atoms with Crippen LogP contribution in [-0.2, 0) is 38.3 Å². The van der Waals surface area contributed by atoms with Gasteiger partial charge in [-0.1, -0.05) is 41.0 Å². The molecule has 14 heteroatoms. The van der Waals surface area contributed by atoms with Crippen molar-refractivity contribution < 1.29 is 43.4 Å². The lowest BCUT2D eigenvalue weighted by Gasteiger charge is -2.38. The van der Waals surface area contributed by atoms with E-state index in [1.54, 1.807) is 20.8 Å². The van der Waals surface area contributed by atoms with Crippen LogP contribution in [0.4, 0.5) is 0 Å². The molecule has 0 radical (unpaired) electrons. The Morgan fingerprint density at radius 1 is 0.977 bits per heavy atom. The highest BCUT2D eigenvalue weighted by molar-refractivity contribution is 5.96. The summed E-state index contributed by atoms with van der Waals surface area (Å²) in [5.41, 5.74) is 0. The van der Waals surface area contributed by atoms with Crippen molar-refractivity contribution in [3.8, 4) is 0 Å². The average molecular weight is 624 g/mol. The molecule has 0 aliphatic carbocycles. The van der Waals surface area contributed by atoms with Crippen LogP contribution in [0.15, 0.2) is 0 Å². The highest BCUT2D eigenvalue weighted by Gasteiger charge is 2.43. The molecule has 2 rings (SSSR count). The molecule has 44 heavy (non-hydrogen) atoms. The Balaban J connectivity index is 2.56. The lowest BCUT2D eigenvalue weighted by atomic mass is 9.94. The van der Waals surface area contributed by atoms with E-state index in [1.807, 2.05) is 6.92 Å². The van der Waals surface area contributed by atoms with Gasteiger partial charge in [-0.15, -0.1) is 0 Å². The molecule has 2 aliphatic heterocycles. The molecular weight excluding hydrogens is 574 g/mol. The Bertz CT molecular complexity index is 1110. The van der Waals surface area contributed by atoms with Gasteiger partial charge in [0.15, 0.2) is 6.10 Å². The summed E-state index contributed by atoms with van der Waals surface area (Å²) in [6.45, 7) is 10.2. The number of esters is 1. The Kier molecular flexibility index (Phi) is 13.1. The molecule has 2 aliphatic rings. The van der Waals surface area contributed by atoms with Crippen molar-refractivity contribution in [3.63, 3.8) is 0 Å². The van der Waals surface area contributed by atoms with Crippen molar-refractivity contribution >= 4 is 41.5 Å². The summed E-state index contributed by atoms with van der Waals surface area (Å²) in [5.74, 6) is -6.46. The van der Waals surface area contributed by atoms with Gasteiger partial charge in [-0.05, 0) is 31.6 Å². The molecule has 3 N–H and O–H groups in total. The number of hydrogen-bond donors (Lipinski definition) is 3. The van der Waals surface area contributed by atoms with Crippen molar-refractivity contribution in [3.05, 3.63) is 0 Å². The molecule has 248 valence electrons. The molecule has 2 fully saturated rings. The SMILES string of the molecule is CC[C@H](C)[C@@H]1NC(=O)[C@@H]2CCCN2C(=O)[C@H](C[C@H](C)C(=O)O)OC(=O)CCNC(=O)[C@@H](C)N(C)C(=O)[C@H](C(C)C)N(C)C1=O. The number of nitrogens with zero attached hydrogens (tertiary/aromatic N) is 3. The number of carbonyl (C=O) groups is 7. The van der Waals surface area contributed by atoms with Crippen LogP contribution in [0.5, 0.6) is 0 Å². The lowest BCUT2D eigenvalue weighted by molar-refractivity contribution is -0.164. The molecule has 0 saturated carbocycles. The lowest BCUT2D eigenvalue weighted by Crippen LogP contribution is -2.60. The van der Waals surface area contributed by atoms with E-state index < -0.39 is 77.7 Å². The van der Waals surface area contributed by atoms with E-state index in [0.717, 1.165) is 0 Å². The zero-order valence-corrected chi connectivity index (χ0v) is 27.1. The average Bonchev–Trinajstić information content (AvgIpc) is 3.46. The Morgan fingerprint density at radius 3 is 2.18 bits per heavy atom. The summed E-state index contributed by atoms with van der Waals surface area (Å²) >= 11 is 0. The molecule has 0 spiro atoms. The van der Waals surface area contributed by atoms with Crippen LogP contribution >= 0.6 is 0 Å². The molecular formula is C30H49N5O9. The van der Waals surface area contributed by atoms with Gasteiger partial charge in [-0.3, -0.25) is 33.6 Å². The maximum Gasteiger partial charge on any atom is 0.308 e. The van der Waals surface area contributed by atoms with Crippen molar-refractivity contribution in [1.29, 1.82) is 0 Å². The fourth-order valence-corrected chi connectivity index (χ4v) is 5.52. The molecule has 7 atom stereocenters. The number of amides is 5. The number of carboxylic acids is 1. The number of cyclic esters (lactones) is 1. The van der Waals surface area contributed by atoms with Crippen LogP contribution in [0.3, 0.4) is 0 Å². The second kappa shape index (κ2) is 15.8. The van der Waals surface area contributed by atoms with Crippen LogP contribution in [0.1, 0.15) is 73.6 Å². The third-order valence-corrected chi connectivity index (χ3v) is 8.74. The highest BCUT2D eigenvalue weighted by atomic mass is 16.5. The quantitative estimate of drug-likeness (QED) is 0.352. The van der Waals surface area contributed by atoms with E-state index in [4.69, 9.17) is 4.74 Å². The van der Waals surface area contributed by atoms with Crippen molar-refractivity contribution in [2.45, 2.75) is 104 Å². The number of carboxylic acid groups (broad SMARTS) is 1. The number of rotatable bonds is 6. The summed E-state index contributed by atoms with van der Waals surface area (Å²) in [5, 5.41) is 14.9. The Morgan fingerprint density at radius 2 is 1.61 bits per heavy atom. The predicted molar refractivity (Wildman–Crippen MR) is 159 cm³/mol. The van der Waals surface area contributed by atoms with E-state index in [1.165, 1.54) is 42.6 Å². The van der Waals surface area contributed by atoms with Crippen LogP contribution in [-0.4, -0.2) is 119 Å². The fraction of sp³-hybridized carbons (Fsp3) is 0.767. The number of ether oxygens (including phenoxy) is 1. The van der Waals surface area contributed by atoms with Gasteiger partial charge in [0.1, 0.15) is 24.2 Å². The molecule has 0 unspecified atom stereocenters. The number of fused-ring (bicyclic) bond motifs is 1. The first kappa shape index (κ1) is 36.5. The van der Waals surface area contributed by atoms with E-state index in [2.05, 4.69) is 10.6 Å². The highest BCUT2D eigenvalue weighted by Crippen LogP contribution is 2.24. The molecule has 0 aromatic heterocycles. The van der Waals surface area contributed by atoms with Gasteiger partial charge in [0.2, 0.25) is 23.6 Å². The van der Waals surface area contributed by atoms with Crippen LogP contribution < -0.4 is 10.6 Å². The zero-order chi connectivity index (χ0) is 33.5. The smallest absolute Gasteiger partial charge is 0.308 e. The largest absolute Gasteiger partial charge is 0.481 e. The number of carbonyl (C=O) groups excluding carboxylic acids is 6. The number of aliphatic carboxylic acids is 1. The monoisotopic (exact) mass is 623 g/mol. The molecule has 14 nitrogen and oxygen atoms in total. The van der Waals surface area contributed by atoms with E-state index in [-0.39, 0.29) is 37.8 Å². The van der Waals surface area contributed by atoms with Crippen LogP contribution in [0.2, 0.25) is 0 Å². The van der Waals surface area contributed by atoms with Crippen LogP contribution in [0.25, 0.3) is 0 Å². The van der Waals surface area contributed by atoms with E-state index in [0.29, 0.717) is 19.3 Å². The molecule has 5 amide bonds. The minimum atomic E-state index is -1.47. The second-order valence-electron chi connectivity index (χ2n) is 12.3. The summed E-state index contributed by atoms with van der Waals surface area (Å²) in [7, 11) is 2.95. The van der Waals surface area contributed by atoms with Crippen molar-refractivity contribution in [2.75, 3.05) is 27.2 Å². The summed E-state index contributed by atoms with van der Waals surface area (Å²) in [4.78, 5) is 96.0. The van der Waals surface area contributed by atoms with Gasteiger partial charge in [0.25, 0.3) is 5.91 Å². The van der Waals surface area contributed by atoms with Gasteiger partial charge in [-0.2, -0.15) is 0 Å². The van der Waals surface area contributed by atoms with Gasteiger partial charge in [-0.25, -0.2) is 0 Å².